The van der Waals surface area contributed by atoms with Crippen molar-refractivity contribution in [3.63, 3.8) is 0 Å². The van der Waals surface area contributed by atoms with Gasteiger partial charge in [0.25, 0.3) is 5.91 Å². The molecule has 3 rings (SSSR count). The normalized spacial score (nSPS) is 20.7. The van der Waals surface area contributed by atoms with Gasteiger partial charge in [-0.3, -0.25) is 9.69 Å². The van der Waals surface area contributed by atoms with E-state index in [2.05, 4.69) is 27.8 Å². The van der Waals surface area contributed by atoms with Gasteiger partial charge in [0.15, 0.2) is 0 Å². The van der Waals surface area contributed by atoms with Crippen LogP contribution in [-0.4, -0.2) is 84.2 Å². The van der Waals surface area contributed by atoms with Gasteiger partial charge in [0.1, 0.15) is 17.1 Å². The van der Waals surface area contributed by atoms with E-state index in [9.17, 15) is 23.1 Å². The highest BCUT2D eigenvalue weighted by Crippen LogP contribution is 2.41. The molecule has 176 valence electrons. The number of aryl methyl sites for hydroxylation is 1. The zero-order chi connectivity index (χ0) is 23.5. The first kappa shape index (κ1) is 24.9. The van der Waals surface area contributed by atoms with Crippen molar-refractivity contribution in [1.82, 2.24) is 30.4 Å². The summed E-state index contributed by atoms with van der Waals surface area (Å²) in [7, 11) is -3.68. The first-order chi connectivity index (χ1) is 15.1. The van der Waals surface area contributed by atoms with Crippen LogP contribution in [0.3, 0.4) is 0 Å². The Morgan fingerprint density at radius 2 is 2.22 bits per heavy atom. The number of nitrogens with one attached hydrogen (secondary N) is 1. The second-order valence-corrected chi connectivity index (χ2v) is 11.4. The number of sulfonamides is 1. The van der Waals surface area contributed by atoms with E-state index >= 15 is 0 Å². The lowest BCUT2D eigenvalue weighted by molar-refractivity contribution is -0.148. The molecule has 2 atom stereocenters. The SMILES string of the molecule is CCCCC(=S)NC1C(=O)N2C(C(=O)O)=C(CSc3nnnn3CCS(N)(=O)=O)CS[C@H]12. The van der Waals surface area contributed by atoms with Crippen LogP contribution in [0.15, 0.2) is 16.4 Å². The molecule has 4 N–H and O–H groups in total. The van der Waals surface area contributed by atoms with Crippen LogP contribution in [0.2, 0.25) is 0 Å². The van der Waals surface area contributed by atoms with Gasteiger partial charge in [0.05, 0.1) is 17.3 Å². The lowest BCUT2D eigenvalue weighted by atomic mass is 10.0. The van der Waals surface area contributed by atoms with Crippen molar-refractivity contribution in [2.75, 3.05) is 17.3 Å². The fourth-order valence-electron chi connectivity index (χ4n) is 3.18. The molecule has 16 heteroatoms. The topological polar surface area (TPSA) is 173 Å². The summed E-state index contributed by atoms with van der Waals surface area (Å²) in [5.41, 5.74) is 0.525. The number of aliphatic carboxylic acids is 1. The summed E-state index contributed by atoms with van der Waals surface area (Å²) < 4.78 is 23.6. The Labute approximate surface area is 198 Å². The van der Waals surface area contributed by atoms with Gasteiger partial charge in [0, 0.05) is 11.5 Å². The summed E-state index contributed by atoms with van der Waals surface area (Å²) in [6, 6.07) is -0.529. The number of thioether (sulfide) groups is 2. The quantitative estimate of drug-likeness (QED) is 0.199. The third kappa shape index (κ3) is 5.78. The molecule has 2 aliphatic rings. The molecular formula is C16H23N7O5S4. The minimum absolute atomic E-state index is 0.0221. The monoisotopic (exact) mass is 521 g/mol. The number of fused-ring (bicyclic) bond motifs is 1. The van der Waals surface area contributed by atoms with Crippen molar-refractivity contribution in [3.8, 4) is 0 Å². The highest BCUT2D eigenvalue weighted by atomic mass is 32.2. The van der Waals surface area contributed by atoms with E-state index in [-0.39, 0.29) is 35.0 Å². The number of hydrogen-bond acceptors (Lipinski definition) is 10. The third-order valence-corrected chi connectivity index (χ3v) is 8.24. The van der Waals surface area contributed by atoms with Crippen LogP contribution in [0.1, 0.15) is 26.2 Å². The van der Waals surface area contributed by atoms with Gasteiger partial charge in [-0.05, 0) is 28.8 Å². The number of amides is 1. The summed E-state index contributed by atoms with van der Waals surface area (Å²) in [6.45, 7) is 2.03. The number of carboxylic acid groups (broad SMARTS) is 1. The molecule has 1 saturated heterocycles. The molecule has 2 aliphatic heterocycles. The Morgan fingerprint density at radius 3 is 2.88 bits per heavy atom. The molecule has 0 aromatic carbocycles. The van der Waals surface area contributed by atoms with E-state index in [1.807, 2.05) is 0 Å². The fourth-order valence-corrected chi connectivity index (χ4v) is 6.27. The molecule has 0 saturated carbocycles. The number of unbranched alkanes of at least 4 members (excludes halogenated alkanes) is 1. The predicted molar refractivity (Wildman–Crippen MR) is 123 cm³/mol. The fraction of sp³-hybridized carbons (Fsp3) is 0.625. The van der Waals surface area contributed by atoms with E-state index < -0.39 is 22.0 Å². The number of aromatic nitrogens is 4. The molecule has 1 amide bonds. The molecule has 0 radical (unpaired) electrons. The van der Waals surface area contributed by atoms with Gasteiger partial charge in [-0.25, -0.2) is 23.0 Å². The lowest BCUT2D eigenvalue weighted by Crippen LogP contribution is -2.70. The van der Waals surface area contributed by atoms with Crippen LogP contribution in [0.4, 0.5) is 0 Å². The smallest absolute Gasteiger partial charge is 0.352 e. The second-order valence-electron chi connectivity index (χ2n) is 7.16. The van der Waals surface area contributed by atoms with Gasteiger partial charge in [-0.15, -0.1) is 16.9 Å². The number of carboxylic acids is 1. The van der Waals surface area contributed by atoms with E-state index in [1.165, 1.54) is 21.3 Å². The second kappa shape index (κ2) is 10.5. The van der Waals surface area contributed by atoms with Crippen molar-refractivity contribution >= 4 is 62.6 Å². The van der Waals surface area contributed by atoms with Gasteiger partial charge in [-0.2, -0.15) is 0 Å². The average molecular weight is 522 g/mol. The van der Waals surface area contributed by atoms with Crippen LogP contribution in [0.5, 0.6) is 0 Å². The molecule has 0 aliphatic carbocycles. The maximum atomic E-state index is 12.7. The van der Waals surface area contributed by atoms with E-state index in [1.54, 1.807) is 0 Å². The molecule has 32 heavy (non-hydrogen) atoms. The van der Waals surface area contributed by atoms with Crippen molar-refractivity contribution in [3.05, 3.63) is 11.3 Å². The number of hydrogen-bond donors (Lipinski definition) is 3. The van der Waals surface area contributed by atoms with E-state index in [0.29, 0.717) is 27.9 Å². The van der Waals surface area contributed by atoms with E-state index in [4.69, 9.17) is 17.4 Å². The average Bonchev–Trinajstić information content (AvgIpc) is 3.19. The maximum Gasteiger partial charge on any atom is 0.352 e. The molecule has 3 heterocycles. The van der Waals surface area contributed by atoms with Crippen molar-refractivity contribution < 1.29 is 23.1 Å². The van der Waals surface area contributed by atoms with Crippen LogP contribution in [0.25, 0.3) is 0 Å². The largest absolute Gasteiger partial charge is 0.477 e. The summed E-state index contributed by atoms with van der Waals surface area (Å²) >= 11 is 7.93. The third-order valence-electron chi connectivity index (χ3n) is 4.79. The number of thiocarbonyl (C=S) groups is 1. The molecule has 1 fully saturated rings. The van der Waals surface area contributed by atoms with Gasteiger partial charge < -0.3 is 10.4 Å². The lowest BCUT2D eigenvalue weighted by Gasteiger charge is -2.49. The first-order valence-corrected chi connectivity index (χ1v) is 13.9. The molecule has 0 bridgehead atoms. The Hall–Kier alpha value is -1.75. The molecule has 1 unspecified atom stereocenters. The standard InChI is InChI=1S/C16H23N7O5S4/c1-2-3-4-10(29)18-11-13(24)23-12(15(25)26)9(7-30-14(11)23)8-31-16-19-20-21-22(16)5-6-32(17,27)28/h11,14H,2-8H2,1H3,(H,18,29)(H,25,26)(H2,17,27,28)/t11?,14-/m1/s1. The van der Waals surface area contributed by atoms with Crippen LogP contribution < -0.4 is 10.5 Å². The van der Waals surface area contributed by atoms with Crippen LogP contribution in [0, 0.1) is 0 Å². The van der Waals surface area contributed by atoms with Crippen molar-refractivity contribution in [1.29, 1.82) is 0 Å². The van der Waals surface area contributed by atoms with Crippen LogP contribution >= 0.6 is 35.7 Å². The Bertz CT molecular complexity index is 1040. The summed E-state index contributed by atoms with van der Waals surface area (Å²) in [4.78, 5) is 26.6. The number of carbonyl (C=O) groups excluding carboxylic acids is 1. The first-order valence-electron chi connectivity index (χ1n) is 9.71. The highest BCUT2D eigenvalue weighted by molar-refractivity contribution is 8.01. The molecule has 1 aromatic heterocycles. The number of nitrogens with zero attached hydrogens (tertiary/aromatic N) is 5. The van der Waals surface area contributed by atoms with Crippen LogP contribution in [-0.2, 0) is 26.2 Å². The van der Waals surface area contributed by atoms with Gasteiger partial charge in [0.2, 0.25) is 15.2 Å². The molecule has 1 aromatic rings. The Kier molecular flexibility index (Phi) is 8.13. The Balaban J connectivity index is 1.68. The zero-order valence-corrected chi connectivity index (χ0v) is 20.4. The van der Waals surface area contributed by atoms with Gasteiger partial charge >= 0.3 is 5.97 Å². The number of β-lactam (4-membered cyclic amide) rings is 1. The number of tetrazole rings is 1. The minimum atomic E-state index is -3.68. The number of carbonyl (C=O) groups is 2. The summed E-state index contributed by atoms with van der Waals surface area (Å²) in [6.07, 6.45) is 2.60. The molecule has 12 nitrogen and oxygen atoms in total. The number of nitrogens with two attached hydrogens (primary N) is 1. The Morgan fingerprint density at radius 1 is 1.47 bits per heavy atom. The number of rotatable bonds is 11. The van der Waals surface area contributed by atoms with E-state index in [0.717, 1.165) is 24.6 Å². The highest BCUT2D eigenvalue weighted by Gasteiger charge is 2.53. The minimum Gasteiger partial charge on any atom is -0.477 e. The summed E-state index contributed by atoms with van der Waals surface area (Å²) in [5, 5.41) is 29.0. The molecule has 0 spiro atoms. The zero-order valence-electron chi connectivity index (χ0n) is 17.1. The predicted octanol–water partition coefficient (Wildman–Crippen LogP) is -0.217. The van der Waals surface area contributed by atoms with Crippen molar-refractivity contribution in [2.45, 2.75) is 49.3 Å². The summed E-state index contributed by atoms with van der Waals surface area (Å²) in [5.74, 6) is -1.18. The van der Waals surface area contributed by atoms with Crippen molar-refractivity contribution in [2.24, 2.45) is 5.14 Å². The maximum absolute atomic E-state index is 12.7. The van der Waals surface area contributed by atoms with Gasteiger partial charge in [-0.1, -0.05) is 37.3 Å². The molecular weight excluding hydrogens is 498 g/mol. The number of primary sulfonamides is 1.